The molecule has 1 atom stereocenters. The van der Waals surface area contributed by atoms with Gasteiger partial charge >= 0.3 is 0 Å². The summed E-state index contributed by atoms with van der Waals surface area (Å²) in [6.07, 6.45) is 2.93. The van der Waals surface area contributed by atoms with Gasteiger partial charge in [-0.1, -0.05) is 0 Å². The highest BCUT2D eigenvalue weighted by atomic mass is 35.5. The van der Waals surface area contributed by atoms with Gasteiger partial charge in [0, 0.05) is 44.0 Å². The number of aryl methyl sites for hydroxylation is 1. The Morgan fingerprint density at radius 3 is 3.00 bits per heavy atom. The largest absolute Gasteiger partial charge is 0.371 e. The van der Waals surface area contributed by atoms with Crippen molar-refractivity contribution in [3.05, 3.63) is 28.7 Å². The van der Waals surface area contributed by atoms with E-state index in [2.05, 4.69) is 4.90 Å². The Morgan fingerprint density at radius 2 is 2.40 bits per heavy atom. The quantitative estimate of drug-likeness (QED) is 0.714. The minimum atomic E-state index is 0.0434. The lowest BCUT2D eigenvalue weighted by Crippen LogP contribution is -2.23. The van der Waals surface area contributed by atoms with E-state index in [4.69, 9.17) is 11.6 Å². The molecule has 0 aliphatic carbocycles. The van der Waals surface area contributed by atoms with Crippen LogP contribution in [-0.4, -0.2) is 23.5 Å². The van der Waals surface area contributed by atoms with E-state index in [9.17, 15) is 4.79 Å². The van der Waals surface area contributed by atoms with Crippen LogP contribution < -0.4 is 10.5 Å². The molecule has 0 aromatic carbocycles. The van der Waals surface area contributed by atoms with Crippen molar-refractivity contribution in [1.82, 2.24) is 4.57 Å². The lowest BCUT2D eigenvalue weighted by molar-refractivity contribution is 0.667. The SMILES string of the molecule is Cn1ccc(N2CCC(CCl)C2)cc1=O. The van der Waals surface area contributed by atoms with Crippen LogP contribution in [0, 0.1) is 5.92 Å². The predicted molar refractivity (Wildman–Crippen MR) is 62.7 cm³/mol. The van der Waals surface area contributed by atoms with Crippen molar-refractivity contribution in [2.45, 2.75) is 6.42 Å². The van der Waals surface area contributed by atoms with E-state index in [1.54, 1.807) is 17.7 Å². The summed E-state index contributed by atoms with van der Waals surface area (Å²) in [5.74, 6) is 1.28. The molecule has 1 aromatic rings. The normalized spacial score (nSPS) is 20.9. The summed E-state index contributed by atoms with van der Waals surface area (Å²) in [6, 6.07) is 3.68. The number of anilines is 1. The van der Waals surface area contributed by atoms with E-state index in [-0.39, 0.29) is 5.56 Å². The number of alkyl halides is 1. The number of rotatable bonds is 2. The molecule has 2 rings (SSSR count). The second-order valence-electron chi connectivity index (χ2n) is 4.09. The van der Waals surface area contributed by atoms with E-state index in [1.807, 2.05) is 12.3 Å². The lowest BCUT2D eigenvalue weighted by Gasteiger charge is -2.18. The summed E-state index contributed by atoms with van der Waals surface area (Å²) in [6.45, 7) is 1.97. The van der Waals surface area contributed by atoms with Crippen molar-refractivity contribution in [3.63, 3.8) is 0 Å². The molecule has 15 heavy (non-hydrogen) atoms. The van der Waals surface area contributed by atoms with Crippen LogP contribution in [0.5, 0.6) is 0 Å². The van der Waals surface area contributed by atoms with Crippen molar-refractivity contribution < 1.29 is 0 Å². The zero-order chi connectivity index (χ0) is 10.8. The fraction of sp³-hybridized carbons (Fsp3) is 0.545. The Morgan fingerprint density at radius 1 is 1.60 bits per heavy atom. The molecule has 2 heterocycles. The molecule has 4 heteroatoms. The third-order valence-corrected chi connectivity index (χ3v) is 3.39. The van der Waals surface area contributed by atoms with E-state index < -0.39 is 0 Å². The van der Waals surface area contributed by atoms with Crippen molar-refractivity contribution in [3.8, 4) is 0 Å². The van der Waals surface area contributed by atoms with Crippen LogP contribution in [0.25, 0.3) is 0 Å². The Kier molecular flexibility index (Phi) is 3.00. The van der Waals surface area contributed by atoms with Gasteiger partial charge in [0.25, 0.3) is 5.56 Å². The topological polar surface area (TPSA) is 25.2 Å². The average molecular weight is 227 g/mol. The standard InChI is InChI=1S/C11H15ClN2O/c1-13-4-3-10(6-11(13)15)14-5-2-9(7-12)8-14/h3-4,6,9H,2,5,7-8H2,1H3. The zero-order valence-electron chi connectivity index (χ0n) is 8.82. The molecule has 0 N–H and O–H groups in total. The van der Waals surface area contributed by atoms with Crippen LogP contribution >= 0.6 is 11.6 Å². The average Bonchev–Trinajstić information content (AvgIpc) is 2.70. The first-order valence-corrected chi connectivity index (χ1v) is 5.72. The van der Waals surface area contributed by atoms with Gasteiger partial charge in [0.15, 0.2) is 0 Å². The van der Waals surface area contributed by atoms with Crippen LogP contribution in [0.2, 0.25) is 0 Å². The first-order chi connectivity index (χ1) is 7.20. The molecule has 0 radical (unpaired) electrons. The maximum atomic E-state index is 11.5. The molecule has 0 saturated carbocycles. The number of hydrogen-bond donors (Lipinski definition) is 0. The van der Waals surface area contributed by atoms with Gasteiger partial charge in [-0.15, -0.1) is 11.6 Å². The van der Waals surface area contributed by atoms with E-state index >= 15 is 0 Å². The fourth-order valence-electron chi connectivity index (χ4n) is 1.93. The molecule has 3 nitrogen and oxygen atoms in total. The number of nitrogens with zero attached hydrogens (tertiary/aromatic N) is 2. The Labute approximate surface area is 94.3 Å². The molecule has 0 spiro atoms. The van der Waals surface area contributed by atoms with Gasteiger partial charge in [0.1, 0.15) is 0 Å². The third-order valence-electron chi connectivity index (χ3n) is 2.96. The van der Waals surface area contributed by atoms with Gasteiger partial charge in [-0.05, 0) is 18.4 Å². The number of pyridine rings is 1. The van der Waals surface area contributed by atoms with Crippen LogP contribution in [-0.2, 0) is 7.05 Å². The lowest BCUT2D eigenvalue weighted by atomic mass is 10.2. The summed E-state index contributed by atoms with van der Waals surface area (Å²) in [5, 5.41) is 0. The second-order valence-corrected chi connectivity index (χ2v) is 4.40. The van der Waals surface area contributed by atoms with Gasteiger partial charge in [0.05, 0.1) is 0 Å². The first kappa shape index (κ1) is 10.6. The minimum Gasteiger partial charge on any atom is -0.371 e. The van der Waals surface area contributed by atoms with Gasteiger partial charge in [-0.3, -0.25) is 4.79 Å². The summed E-state index contributed by atoms with van der Waals surface area (Å²) in [5.41, 5.74) is 1.06. The monoisotopic (exact) mass is 226 g/mol. The smallest absolute Gasteiger partial charge is 0.252 e. The maximum Gasteiger partial charge on any atom is 0.252 e. The Hall–Kier alpha value is -0.960. The van der Waals surface area contributed by atoms with Crippen LogP contribution in [0.1, 0.15) is 6.42 Å². The summed E-state index contributed by atoms with van der Waals surface area (Å²) in [4.78, 5) is 13.7. The van der Waals surface area contributed by atoms with Gasteiger partial charge in [0.2, 0.25) is 0 Å². The molecule has 0 amide bonds. The van der Waals surface area contributed by atoms with E-state index in [1.165, 1.54) is 0 Å². The molecule has 1 aliphatic heterocycles. The fourth-order valence-corrected chi connectivity index (χ4v) is 2.18. The molecular weight excluding hydrogens is 212 g/mol. The van der Waals surface area contributed by atoms with Crippen LogP contribution in [0.4, 0.5) is 5.69 Å². The molecule has 1 fully saturated rings. The number of hydrogen-bond acceptors (Lipinski definition) is 2. The molecule has 1 aliphatic rings. The van der Waals surface area contributed by atoms with Gasteiger partial charge in [-0.25, -0.2) is 0 Å². The van der Waals surface area contributed by atoms with Gasteiger partial charge < -0.3 is 9.47 Å². The van der Waals surface area contributed by atoms with Crippen molar-refractivity contribution in [2.24, 2.45) is 13.0 Å². The van der Waals surface area contributed by atoms with Crippen molar-refractivity contribution in [1.29, 1.82) is 0 Å². The summed E-state index contributed by atoms with van der Waals surface area (Å²) in [7, 11) is 1.76. The summed E-state index contributed by atoms with van der Waals surface area (Å²) >= 11 is 5.82. The van der Waals surface area contributed by atoms with Crippen molar-refractivity contribution >= 4 is 17.3 Å². The van der Waals surface area contributed by atoms with Gasteiger partial charge in [-0.2, -0.15) is 0 Å². The number of aromatic nitrogens is 1. The predicted octanol–water partition coefficient (Wildman–Crippen LogP) is 1.45. The minimum absolute atomic E-state index is 0.0434. The van der Waals surface area contributed by atoms with E-state index in [0.717, 1.165) is 25.2 Å². The highest BCUT2D eigenvalue weighted by Gasteiger charge is 2.21. The number of halogens is 1. The third kappa shape index (κ3) is 2.17. The van der Waals surface area contributed by atoms with E-state index in [0.29, 0.717) is 11.8 Å². The molecule has 0 bridgehead atoms. The Balaban J connectivity index is 2.17. The Bertz CT molecular complexity index is 402. The maximum absolute atomic E-state index is 11.5. The van der Waals surface area contributed by atoms with Crippen LogP contribution in [0.15, 0.2) is 23.1 Å². The zero-order valence-corrected chi connectivity index (χ0v) is 9.57. The molecular formula is C11H15ClN2O. The van der Waals surface area contributed by atoms with Crippen LogP contribution in [0.3, 0.4) is 0 Å². The highest BCUT2D eigenvalue weighted by molar-refractivity contribution is 6.18. The highest BCUT2D eigenvalue weighted by Crippen LogP contribution is 2.22. The molecule has 1 unspecified atom stereocenters. The second kappa shape index (κ2) is 4.27. The molecule has 1 aromatic heterocycles. The molecule has 1 saturated heterocycles. The van der Waals surface area contributed by atoms with Crippen molar-refractivity contribution in [2.75, 3.05) is 23.9 Å². The first-order valence-electron chi connectivity index (χ1n) is 5.18. The molecule has 82 valence electrons. The summed E-state index contributed by atoms with van der Waals surface area (Å²) < 4.78 is 1.58.